The first-order valence-corrected chi connectivity index (χ1v) is 25.4. The Labute approximate surface area is 393 Å². The average molecular weight is 881 g/mol. The molecule has 0 saturated carbocycles. The Morgan fingerprint density at radius 3 is 1.03 bits per heavy atom. The maximum atomic E-state index is 12.2. The number of hydrogen-bond acceptors (Lipinski definition) is 5. The summed E-state index contributed by atoms with van der Waals surface area (Å²) in [7, 11) is 0. The predicted molar refractivity (Wildman–Crippen MR) is 278 cm³/mol. The lowest BCUT2D eigenvalue weighted by Gasteiger charge is -2.15. The van der Waals surface area contributed by atoms with Crippen LogP contribution < -0.4 is 0 Å². The van der Waals surface area contributed by atoms with E-state index in [1.807, 2.05) is 0 Å². The fourth-order valence-electron chi connectivity index (χ4n) is 6.30. The highest BCUT2D eigenvalue weighted by molar-refractivity contribution is 5.70. The van der Waals surface area contributed by atoms with Crippen LogP contribution in [0.2, 0.25) is 0 Å². The first kappa shape index (κ1) is 59.8. The molecule has 0 aliphatic carbocycles. The highest BCUT2D eigenvalue weighted by atomic mass is 16.6. The monoisotopic (exact) mass is 881 g/mol. The molecule has 0 aliphatic rings. The Morgan fingerprint density at radius 2 is 0.672 bits per heavy atom. The van der Waals surface area contributed by atoms with E-state index in [0.717, 1.165) is 135 Å². The second-order valence-corrected chi connectivity index (χ2v) is 16.2. The molecule has 0 saturated heterocycles. The van der Waals surface area contributed by atoms with Gasteiger partial charge in [0.25, 0.3) is 0 Å². The van der Waals surface area contributed by atoms with Crippen LogP contribution in [0.4, 0.5) is 0 Å². The first-order chi connectivity index (χ1) is 31.6. The molecule has 0 bridgehead atoms. The highest BCUT2D eigenvalue weighted by Gasteiger charge is 2.16. The quantitative estimate of drug-likeness (QED) is 0.0375. The third-order valence-electron chi connectivity index (χ3n) is 10.1. The van der Waals surface area contributed by atoms with Crippen molar-refractivity contribution < 1.29 is 24.2 Å². The van der Waals surface area contributed by atoms with Gasteiger partial charge in [-0.1, -0.05) is 211 Å². The molecule has 358 valence electrons. The predicted octanol–water partition coefficient (Wildman–Crippen LogP) is 17.1. The summed E-state index contributed by atoms with van der Waals surface area (Å²) in [6.07, 6.45) is 80.9. The van der Waals surface area contributed by atoms with Gasteiger partial charge in [-0.05, 0) is 116 Å². The molecule has 0 aliphatic heterocycles. The fraction of sp³-hybridized carbons (Fsp3) is 0.559. The van der Waals surface area contributed by atoms with E-state index in [1.165, 1.54) is 32.1 Å². The minimum atomic E-state index is -0.794. The highest BCUT2D eigenvalue weighted by Crippen LogP contribution is 2.11. The molecular formula is C59H92O5. The van der Waals surface area contributed by atoms with Crippen molar-refractivity contribution in [3.8, 4) is 0 Å². The summed E-state index contributed by atoms with van der Waals surface area (Å²) >= 11 is 0. The second kappa shape index (κ2) is 53.1. The zero-order valence-electron chi connectivity index (χ0n) is 40.7. The maximum absolute atomic E-state index is 12.2. The largest absolute Gasteiger partial charge is 0.462 e. The number of aliphatic hydroxyl groups excluding tert-OH is 1. The van der Waals surface area contributed by atoms with Crippen molar-refractivity contribution in [2.75, 3.05) is 13.2 Å². The zero-order chi connectivity index (χ0) is 46.3. The number of hydrogen-bond donors (Lipinski definition) is 1. The van der Waals surface area contributed by atoms with Crippen LogP contribution in [-0.4, -0.2) is 36.4 Å². The van der Waals surface area contributed by atoms with Crippen LogP contribution in [0.25, 0.3) is 0 Å². The van der Waals surface area contributed by atoms with E-state index >= 15 is 0 Å². The fourth-order valence-corrected chi connectivity index (χ4v) is 6.30. The summed E-state index contributed by atoms with van der Waals surface area (Å²) in [6, 6.07) is 0. The number of esters is 2. The number of unbranched alkanes of at least 4 members (excludes halogenated alkanes) is 12. The Hall–Kier alpha value is -4.22. The molecule has 1 unspecified atom stereocenters. The van der Waals surface area contributed by atoms with Gasteiger partial charge in [0.15, 0.2) is 6.10 Å². The zero-order valence-corrected chi connectivity index (χ0v) is 40.7. The molecule has 0 heterocycles. The van der Waals surface area contributed by atoms with Crippen LogP contribution in [0.3, 0.4) is 0 Å². The van der Waals surface area contributed by atoms with Gasteiger partial charge in [-0.3, -0.25) is 9.59 Å². The van der Waals surface area contributed by atoms with E-state index in [1.54, 1.807) is 0 Å². The van der Waals surface area contributed by atoms with Crippen molar-refractivity contribution in [1.29, 1.82) is 0 Å². The number of carbonyl (C=O) groups is 2. The Morgan fingerprint density at radius 1 is 0.375 bits per heavy atom. The summed E-state index contributed by atoms with van der Waals surface area (Å²) in [5, 5.41) is 9.58. The van der Waals surface area contributed by atoms with Crippen LogP contribution >= 0.6 is 0 Å². The second-order valence-electron chi connectivity index (χ2n) is 16.2. The van der Waals surface area contributed by atoms with Crippen LogP contribution in [0, 0.1) is 0 Å². The lowest BCUT2D eigenvalue weighted by atomic mass is 10.1. The van der Waals surface area contributed by atoms with Gasteiger partial charge in [0.05, 0.1) is 6.61 Å². The molecule has 0 amide bonds. The first-order valence-electron chi connectivity index (χ1n) is 25.4. The van der Waals surface area contributed by atoms with E-state index in [-0.39, 0.29) is 25.2 Å². The lowest BCUT2D eigenvalue weighted by molar-refractivity contribution is -0.161. The van der Waals surface area contributed by atoms with Crippen LogP contribution in [-0.2, 0) is 19.1 Å². The van der Waals surface area contributed by atoms with E-state index in [0.29, 0.717) is 12.8 Å². The molecule has 0 aromatic heterocycles. The normalized spacial score (nSPS) is 13.5. The smallest absolute Gasteiger partial charge is 0.306 e. The van der Waals surface area contributed by atoms with Crippen molar-refractivity contribution in [3.63, 3.8) is 0 Å². The van der Waals surface area contributed by atoms with Crippen molar-refractivity contribution in [2.24, 2.45) is 0 Å². The molecule has 64 heavy (non-hydrogen) atoms. The molecule has 0 radical (unpaired) electrons. The molecule has 5 nitrogen and oxygen atoms in total. The van der Waals surface area contributed by atoms with Gasteiger partial charge in [0.2, 0.25) is 0 Å². The van der Waals surface area contributed by atoms with Gasteiger partial charge in [0.1, 0.15) is 6.61 Å². The summed E-state index contributed by atoms with van der Waals surface area (Å²) in [4.78, 5) is 24.3. The van der Waals surface area contributed by atoms with Gasteiger partial charge in [-0.25, -0.2) is 0 Å². The van der Waals surface area contributed by atoms with Crippen LogP contribution in [0.15, 0.2) is 146 Å². The summed E-state index contributed by atoms with van der Waals surface area (Å²) in [5.74, 6) is -0.637. The Bertz CT molecular complexity index is 1410. The van der Waals surface area contributed by atoms with Crippen molar-refractivity contribution in [3.05, 3.63) is 146 Å². The minimum Gasteiger partial charge on any atom is -0.462 e. The summed E-state index contributed by atoms with van der Waals surface area (Å²) < 4.78 is 10.6. The SMILES string of the molecule is CC/C=C\C/C=C\C/C=C\C/C=C\C/C=C\C/C=C\C/C=C\C/C=C\C/C=C\C/C=C\C/C=C\CCCCCCCC(=O)OC(CO)COC(=O)CCCCCCC/C=C\CCCC. The summed E-state index contributed by atoms with van der Waals surface area (Å²) in [6.45, 7) is 3.94. The molecule has 0 rings (SSSR count). The Kier molecular flexibility index (Phi) is 49.6. The molecule has 1 atom stereocenters. The van der Waals surface area contributed by atoms with Gasteiger partial charge in [-0.2, -0.15) is 0 Å². The molecule has 1 N–H and O–H groups in total. The number of aliphatic hydroxyl groups is 1. The van der Waals surface area contributed by atoms with Gasteiger partial charge in [-0.15, -0.1) is 0 Å². The van der Waals surface area contributed by atoms with Crippen molar-refractivity contribution in [2.45, 2.75) is 200 Å². The van der Waals surface area contributed by atoms with E-state index < -0.39 is 6.10 Å². The van der Waals surface area contributed by atoms with E-state index in [4.69, 9.17) is 9.47 Å². The lowest BCUT2D eigenvalue weighted by Crippen LogP contribution is -2.28. The number of carbonyl (C=O) groups excluding carboxylic acids is 2. The molecule has 5 heteroatoms. The van der Waals surface area contributed by atoms with Crippen molar-refractivity contribution in [1.82, 2.24) is 0 Å². The maximum Gasteiger partial charge on any atom is 0.306 e. The molecule has 0 spiro atoms. The van der Waals surface area contributed by atoms with Crippen LogP contribution in [0.5, 0.6) is 0 Å². The average Bonchev–Trinajstić information content (AvgIpc) is 3.30. The number of ether oxygens (including phenoxy) is 2. The van der Waals surface area contributed by atoms with Gasteiger partial charge >= 0.3 is 11.9 Å². The topological polar surface area (TPSA) is 72.8 Å². The van der Waals surface area contributed by atoms with E-state index in [2.05, 4.69) is 160 Å². The third-order valence-corrected chi connectivity index (χ3v) is 10.1. The molecule has 0 aromatic rings. The summed E-state index contributed by atoms with van der Waals surface area (Å²) in [5.41, 5.74) is 0. The third kappa shape index (κ3) is 50.4. The standard InChI is InChI=1S/C59H92O5/c1-3-5-7-9-11-13-15-16-17-18-19-20-21-22-23-24-25-26-27-28-29-30-31-32-33-34-35-36-37-38-39-40-41-42-44-46-48-50-52-54-59(62)64-57(55-60)56-63-58(61)53-51-49-47-45-43-14-12-10-8-6-4-2/h5,7,10-13,16-17,19-20,22-23,25-26,28-29,31-32,34-35,37-38,40-41,57,60H,3-4,6,8-9,14-15,18,21,24,27,30,33,36,39,42-56H2,1-2H3/b7-5-,12-10-,13-11-,17-16-,20-19-,23-22-,26-25-,29-28-,32-31-,35-34-,38-37-,41-40-. The number of rotatable bonds is 44. The molecule has 0 fully saturated rings. The van der Waals surface area contributed by atoms with E-state index in [9.17, 15) is 14.7 Å². The Balaban J connectivity index is 3.68. The number of allylic oxidation sites excluding steroid dienone is 24. The molecular weight excluding hydrogens is 789 g/mol. The molecule has 0 aromatic carbocycles. The van der Waals surface area contributed by atoms with Gasteiger partial charge < -0.3 is 14.6 Å². The van der Waals surface area contributed by atoms with Gasteiger partial charge in [0, 0.05) is 12.8 Å². The minimum absolute atomic E-state index is 0.0869. The van der Waals surface area contributed by atoms with Crippen molar-refractivity contribution >= 4 is 11.9 Å². The van der Waals surface area contributed by atoms with Crippen LogP contribution in [0.1, 0.15) is 194 Å².